The molecule has 13 heteroatoms. The van der Waals surface area contributed by atoms with Crippen molar-refractivity contribution in [3.05, 3.63) is 11.8 Å². The fourth-order valence-corrected chi connectivity index (χ4v) is 11.8. The van der Waals surface area contributed by atoms with Crippen LogP contribution in [0.25, 0.3) is 0 Å². The van der Waals surface area contributed by atoms with Gasteiger partial charge in [-0.2, -0.15) is 0 Å². The van der Waals surface area contributed by atoms with Gasteiger partial charge in [-0.25, -0.2) is 4.79 Å². The fraction of sp³-hybridized carbons (Fsp3) is 0.794. The van der Waals surface area contributed by atoms with Crippen molar-refractivity contribution in [3.63, 3.8) is 0 Å². The predicted octanol–water partition coefficient (Wildman–Crippen LogP) is 0.986. The molecule has 17 atom stereocenters. The van der Waals surface area contributed by atoms with Crippen LogP contribution in [0.2, 0.25) is 0 Å². The molecule has 0 spiro atoms. The highest BCUT2D eigenvalue weighted by Gasteiger charge is 2.83. The molecule has 13 nitrogen and oxygen atoms in total. The molecule has 7 rings (SSSR count). The third-order valence-electron chi connectivity index (χ3n) is 14.0. The van der Waals surface area contributed by atoms with Crippen LogP contribution in [0.15, 0.2) is 11.8 Å². The van der Waals surface area contributed by atoms with Crippen molar-refractivity contribution >= 4 is 29.7 Å². The van der Waals surface area contributed by atoms with E-state index in [1.54, 1.807) is 19.9 Å². The van der Waals surface area contributed by atoms with E-state index < -0.39 is 123 Å². The van der Waals surface area contributed by atoms with Crippen LogP contribution >= 0.6 is 0 Å². The van der Waals surface area contributed by atoms with Gasteiger partial charge in [0.25, 0.3) is 0 Å². The highest BCUT2D eigenvalue weighted by molar-refractivity contribution is 5.95. The number of ether oxygens (including phenoxy) is 5. The Morgan fingerprint density at radius 2 is 1.53 bits per heavy atom. The van der Waals surface area contributed by atoms with E-state index in [-0.39, 0.29) is 24.5 Å². The number of aliphatic hydroxyl groups excluding tert-OH is 1. The fourth-order valence-electron chi connectivity index (χ4n) is 11.8. The van der Waals surface area contributed by atoms with Gasteiger partial charge in [0.05, 0.1) is 17.6 Å². The molecule has 2 saturated heterocycles. The Labute approximate surface area is 272 Å². The average Bonchev–Trinajstić information content (AvgIpc) is 3.63. The molecule has 2 aliphatic heterocycles. The molecule has 0 aromatic carbocycles. The summed E-state index contributed by atoms with van der Waals surface area (Å²) in [6.45, 7) is 12.2. The lowest BCUT2D eigenvalue weighted by Gasteiger charge is -2.65. The zero-order valence-electron chi connectivity index (χ0n) is 27.8. The SMILES string of the molecule is CC(=O)O[C@@H]1C2C3C(C[C@H](OC(C)=O)[C@]2(C)C2C1[C@]1(C)C(=C[C@H]2C)OC(=O)[C@@]1(C)O)[C@@]1(C)C(O)[C@H]2O[C@H]2CC1(O)C(=O)[C@@H]3OC(C)=O. The van der Waals surface area contributed by atoms with E-state index in [0.717, 1.165) is 6.92 Å². The first-order valence-electron chi connectivity index (χ1n) is 16.5. The number of rotatable bonds is 3. The minimum Gasteiger partial charge on any atom is -0.462 e. The average molecular weight is 661 g/mol. The Kier molecular flexibility index (Phi) is 6.70. The smallest absolute Gasteiger partial charge is 0.343 e. The summed E-state index contributed by atoms with van der Waals surface area (Å²) in [7, 11) is 0. The molecule has 7 unspecified atom stereocenters. The molecule has 0 radical (unpaired) electrons. The lowest BCUT2D eigenvalue weighted by molar-refractivity contribution is -0.267. The molecule has 47 heavy (non-hydrogen) atoms. The molecule has 0 amide bonds. The summed E-state index contributed by atoms with van der Waals surface area (Å²) in [5.41, 5.74) is -8.29. The molecule has 3 N–H and O–H groups in total. The van der Waals surface area contributed by atoms with Crippen molar-refractivity contribution in [2.45, 2.75) is 116 Å². The maximum absolute atomic E-state index is 14.6. The van der Waals surface area contributed by atoms with Gasteiger partial charge in [-0.3, -0.25) is 19.2 Å². The van der Waals surface area contributed by atoms with E-state index in [1.807, 2.05) is 13.8 Å². The van der Waals surface area contributed by atoms with Crippen LogP contribution in [0.3, 0.4) is 0 Å². The number of esters is 4. The normalized spacial score (nSPS) is 55.1. The lowest BCUT2D eigenvalue weighted by Crippen LogP contribution is -2.77. The van der Waals surface area contributed by atoms with Crippen LogP contribution in [-0.2, 0) is 47.7 Å². The van der Waals surface area contributed by atoms with Crippen LogP contribution < -0.4 is 0 Å². The first-order valence-corrected chi connectivity index (χ1v) is 16.5. The summed E-state index contributed by atoms with van der Waals surface area (Å²) in [4.78, 5) is 66.4. The Hall–Kier alpha value is -2.87. The lowest BCUT2D eigenvalue weighted by atomic mass is 9.40. The molecule has 7 aliphatic rings. The monoisotopic (exact) mass is 660 g/mol. The van der Waals surface area contributed by atoms with Crippen molar-refractivity contribution < 1.29 is 63.0 Å². The molecule has 2 heterocycles. The second-order valence-corrected chi connectivity index (χ2v) is 15.9. The first-order chi connectivity index (χ1) is 21.7. The molecular formula is C34H44O13. The number of Topliss-reactive ketones (excluding diaryl/α,β-unsaturated/α-hetero) is 1. The van der Waals surface area contributed by atoms with E-state index in [4.69, 9.17) is 23.7 Å². The maximum atomic E-state index is 14.6. The minimum atomic E-state index is -2.16. The third-order valence-corrected chi connectivity index (χ3v) is 14.0. The topological polar surface area (TPSA) is 195 Å². The van der Waals surface area contributed by atoms with Crippen molar-refractivity contribution in [1.29, 1.82) is 0 Å². The molecule has 5 aliphatic carbocycles. The van der Waals surface area contributed by atoms with Crippen molar-refractivity contribution in [3.8, 4) is 0 Å². The first kappa shape index (κ1) is 32.7. The van der Waals surface area contributed by atoms with Crippen LogP contribution in [0, 0.1) is 51.8 Å². The van der Waals surface area contributed by atoms with Gasteiger partial charge >= 0.3 is 23.9 Å². The molecule has 0 bridgehead atoms. The number of carbonyl (C=O) groups is 5. The number of allylic oxidation sites excluding steroid dienone is 1. The van der Waals surface area contributed by atoms with Gasteiger partial charge in [0.15, 0.2) is 11.7 Å². The number of epoxide rings is 1. The van der Waals surface area contributed by atoms with Gasteiger partial charge < -0.3 is 39.0 Å². The zero-order valence-corrected chi connectivity index (χ0v) is 27.8. The highest BCUT2D eigenvalue weighted by atomic mass is 16.6. The zero-order chi connectivity index (χ0) is 34.5. The third kappa shape index (κ3) is 3.72. The second-order valence-electron chi connectivity index (χ2n) is 15.9. The standard InChI is InChI=1S/C34H44O13/c1-12-9-19-32(7,33(8,41)29(40)47-19)23-21(12)30(5)18(43-13(2)35)10-16-20(22(30)26(23)45-15(4)37)25(44-14(3)36)28(39)34(42)11-17-24(46-17)27(38)31(16,34)6/h9,12,16-18,20-27,38,41-42H,10-11H2,1-8H3/t12-,16?,17+,18+,20?,21?,22?,23?,24+,25-,26-,27?,30-,31+,32+,33-,34?/m1/s1. The van der Waals surface area contributed by atoms with Crippen molar-refractivity contribution in [2.24, 2.45) is 51.8 Å². The van der Waals surface area contributed by atoms with Gasteiger partial charge in [0, 0.05) is 55.8 Å². The van der Waals surface area contributed by atoms with Gasteiger partial charge in [-0.05, 0) is 44.1 Å². The maximum Gasteiger partial charge on any atom is 0.343 e. The van der Waals surface area contributed by atoms with Gasteiger partial charge in [0.2, 0.25) is 5.78 Å². The molecule has 6 fully saturated rings. The predicted molar refractivity (Wildman–Crippen MR) is 156 cm³/mol. The highest BCUT2D eigenvalue weighted by Crippen LogP contribution is 2.76. The van der Waals surface area contributed by atoms with Crippen molar-refractivity contribution in [2.75, 3.05) is 0 Å². The number of fused-ring (bicyclic) bond motifs is 10. The molecular weight excluding hydrogens is 616 g/mol. The van der Waals surface area contributed by atoms with E-state index in [0.29, 0.717) is 0 Å². The second kappa shape index (κ2) is 9.64. The van der Waals surface area contributed by atoms with E-state index in [1.165, 1.54) is 20.8 Å². The Bertz CT molecular complexity index is 1520. The van der Waals surface area contributed by atoms with E-state index >= 15 is 0 Å². The van der Waals surface area contributed by atoms with Crippen molar-refractivity contribution in [1.82, 2.24) is 0 Å². The van der Waals surface area contributed by atoms with Gasteiger partial charge in [0.1, 0.15) is 29.7 Å². The number of carbonyl (C=O) groups excluding carboxylic acids is 5. The minimum absolute atomic E-state index is 0.0669. The molecule has 0 aromatic rings. The summed E-state index contributed by atoms with van der Waals surface area (Å²) in [5.74, 6) is -7.76. The quantitative estimate of drug-likeness (QED) is 0.220. The Morgan fingerprint density at radius 3 is 2.13 bits per heavy atom. The number of hydrogen-bond donors (Lipinski definition) is 3. The van der Waals surface area contributed by atoms with E-state index in [2.05, 4.69) is 0 Å². The summed E-state index contributed by atoms with van der Waals surface area (Å²) < 4.78 is 29.6. The van der Waals surface area contributed by atoms with E-state index in [9.17, 15) is 39.3 Å². The van der Waals surface area contributed by atoms with Crippen LogP contribution in [0.4, 0.5) is 0 Å². The summed E-state index contributed by atoms with van der Waals surface area (Å²) in [5, 5.41) is 36.0. The number of ketones is 1. The summed E-state index contributed by atoms with van der Waals surface area (Å²) >= 11 is 0. The van der Waals surface area contributed by atoms with Gasteiger partial charge in [-0.15, -0.1) is 0 Å². The number of hydrogen-bond acceptors (Lipinski definition) is 13. The Balaban J connectivity index is 1.51. The van der Waals surface area contributed by atoms with Crippen LogP contribution in [-0.4, -0.2) is 92.8 Å². The molecule has 0 aromatic heterocycles. The largest absolute Gasteiger partial charge is 0.462 e. The van der Waals surface area contributed by atoms with Crippen LogP contribution in [0.5, 0.6) is 0 Å². The number of aliphatic hydroxyl groups is 3. The summed E-state index contributed by atoms with van der Waals surface area (Å²) in [6.07, 6.45) is -4.29. The molecule has 258 valence electrons. The summed E-state index contributed by atoms with van der Waals surface area (Å²) in [6, 6.07) is 0. The molecule has 4 saturated carbocycles. The Morgan fingerprint density at radius 1 is 0.915 bits per heavy atom. The van der Waals surface area contributed by atoms with Gasteiger partial charge in [-0.1, -0.05) is 20.8 Å². The van der Waals surface area contributed by atoms with Crippen LogP contribution in [0.1, 0.15) is 68.2 Å².